The lowest BCUT2D eigenvalue weighted by atomic mass is 10.0. The summed E-state index contributed by atoms with van der Waals surface area (Å²) in [6.45, 7) is 5.06. The number of rotatable bonds is 7. The fourth-order valence-corrected chi connectivity index (χ4v) is 2.42. The molecule has 0 aliphatic heterocycles. The number of amides is 1. The van der Waals surface area contributed by atoms with E-state index < -0.39 is 18.0 Å². The van der Waals surface area contributed by atoms with Crippen LogP contribution in [0.4, 0.5) is 0 Å². The van der Waals surface area contributed by atoms with Gasteiger partial charge in [-0.05, 0) is 62.2 Å². The second-order valence-electron chi connectivity index (χ2n) is 6.21. The van der Waals surface area contributed by atoms with Crippen LogP contribution in [0.1, 0.15) is 38.8 Å². The average Bonchev–Trinajstić information content (AvgIpc) is 2.67. The molecule has 1 atom stereocenters. The number of nitrogens with one attached hydrogen (secondary N) is 1. The molecule has 27 heavy (non-hydrogen) atoms. The highest BCUT2D eigenvalue weighted by atomic mass is 16.5. The number of ether oxygens (including phenoxy) is 2. The summed E-state index contributed by atoms with van der Waals surface area (Å²) in [5.41, 5.74) is 2.95. The predicted octanol–water partition coefficient (Wildman–Crippen LogP) is 2.86. The van der Waals surface area contributed by atoms with Gasteiger partial charge in [0, 0.05) is 11.1 Å². The van der Waals surface area contributed by atoms with E-state index in [0.717, 1.165) is 11.1 Å². The van der Waals surface area contributed by atoms with E-state index in [-0.39, 0.29) is 12.3 Å². The van der Waals surface area contributed by atoms with Crippen molar-refractivity contribution in [1.82, 2.24) is 5.32 Å². The third-order valence-corrected chi connectivity index (χ3v) is 4.21. The van der Waals surface area contributed by atoms with Gasteiger partial charge >= 0.3 is 5.97 Å². The Morgan fingerprint density at radius 2 is 1.59 bits per heavy atom. The molecule has 2 aromatic carbocycles. The van der Waals surface area contributed by atoms with Crippen molar-refractivity contribution in [2.24, 2.45) is 0 Å². The van der Waals surface area contributed by atoms with Gasteiger partial charge in [-0.1, -0.05) is 12.1 Å². The first kappa shape index (κ1) is 20.2. The van der Waals surface area contributed by atoms with Gasteiger partial charge in [0.2, 0.25) is 5.78 Å². The number of benzene rings is 2. The number of methoxy groups -OCH3 is 1. The zero-order chi connectivity index (χ0) is 20.0. The maximum atomic E-state index is 12.4. The molecular weight excluding hydrogens is 346 g/mol. The molecule has 0 bridgehead atoms. The molecule has 0 heterocycles. The smallest absolute Gasteiger partial charge is 0.326 e. The highest BCUT2D eigenvalue weighted by Gasteiger charge is 2.20. The van der Waals surface area contributed by atoms with Crippen molar-refractivity contribution in [3.05, 3.63) is 64.7 Å². The maximum absolute atomic E-state index is 12.4. The molecule has 6 nitrogen and oxygen atoms in total. The van der Waals surface area contributed by atoms with E-state index in [4.69, 9.17) is 9.47 Å². The quantitative estimate of drug-likeness (QED) is 0.599. The summed E-state index contributed by atoms with van der Waals surface area (Å²) in [6.07, 6.45) is -0.933. The number of carbonyl (C=O) groups excluding carboxylic acids is 3. The van der Waals surface area contributed by atoms with Crippen LogP contribution < -0.4 is 10.1 Å². The van der Waals surface area contributed by atoms with Crippen molar-refractivity contribution < 1.29 is 23.9 Å². The molecule has 6 heteroatoms. The minimum atomic E-state index is -0.933. The maximum Gasteiger partial charge on any atom is 0.326 e. The van der Waals surface area contributed by atoms with E-state index in [2.05, 4.69) is 5.32 Å². The van der Waals surface area contributed by atoms with Gasteiger partial charge in [0.1, 0.15) is 12.3 Å². The van der Waals surface area contributed by atoms with Gasteiger partial charge in [0.05, 0.1) is 7.11 Å². The van der Waals surface area contributed by atoms with Crippen molar-refractivity contribution in [2.75, 3.05) is 13.7 Å². The van der Waals surface area contributed by atoms with Crippen molar-refractivity contribution in [2.45, 2.75) is 26.9 Å². The number of hydrogen-bond donors (Lipinski definition) is 1. The van der Waals surface area contributed by atoms with Crippen LogP contribution in [0, 0.1) is 13.8 Å². The van der Waals surface area contributed by atoms with Crippen LogP contribution in [0.25, 0.3) is 0 Å². The molecule has 0 radical (unpaired) electrons. The molecule has 0 fully saturated rings. The molecular formula is C21H23NO5. The SMILES string of the molecule is COc1ccc(C(=O)NCC(=O)O[C@@H](C)C(=O)c2ccc(C)c(C)c2)cc1. The Hall–Kier alpha value is -3.15. The molecule has 1 amide bonds. The summed E-state index contributed by atoms with van der Waals surface area (Å²) in [5, 5.41) is 2.47. The Balaban J connectivity index is 1.87. The van der Waals surface area contributed by atoms with Crippen molar-refractivity contribution in [1.29, 1.82) is 0 Å². The summed E-state index contributed by atoms with van der Waals surface area (Å²) in [7, 11) is 1.53. The van der Waals surface area contributed by atoms with Gasteiger partial charge in [-0.15, -0.1) is 0 Å². The minimum Gasteiger partial charge on any atom is -0.497 e. The van der Waals surface area contributed by atoms with E-state index in [1.54, 1.807) is 36.4 Å². The molecule has 2 aromatic rings. The van der Waals surface area contributed by atoms with E-state index in [9.17, 15) is 14.4 Å². The number of esters is 1. The largest absolute Gasteiger partial charge is 0.497 e. The fourth-order valence-electron chi connectivity index (χ4n) is 2.42. The number of ketones is 1. The molecule has 0 unspecified atom stereocenters. The van der Waals surface area contributed by atoms with Crippen LogP contribution >= 0.6 is 0 Å². The average molecular weight is 369 g/mol. The summed E-state index contributed by atoms with van der Waals surface area (Å²) in [5.74, 6) is -0.748. The van der Waals surface area contributed by atoms with E-state index in [1.165, 1.54) is 14.0 Å². The van der Waals surface area contributed by atoms with Gasteiger partial charge in [0.25, 0.3) is 5.91 Å². The predicted molar refractivity (Wildman–Crippen MR) is 101 cm³/mol. The fraction of sp³-hybridized carbons (Fsp3) is 0.286. The standard InChI is InChI=1S/C21H23NO5/c1-13-5-6-17(11-14(13)2)20(24)15(3)27-19(23)12-22-21(25)16-7-9-18(26-4)10-8-16/h5-11,15H,12H2,1-4H3,(H,22,25)/t15-/m0/s1. The summed E-state index contributed by atoms with van der Waals surface area (Å²) in [4.78, 5) is 36.4. The third kappa shape index (κ3) is 5.41. The zero-order valence-electron chi connectivity index (χ0n) is 15.9. The molecule has 0 aliphatic rings. The number of carbonyl (C=O) groups is 3. The lowest BCUT2D eigenvalue weighted by molar-refractivity contribution is -0.145. The van der Waals surface area contributed by atoms with Gasteiger partial charge in [0.15, 0.2) is 6.10 Å². The lowest BCUT2D eigenvalue weighted by Crippen LogP contribution is -2.34. The summed E-state index contributed by atoms with van der Waals surface area (Å²) >= 11 is 0. The molecule has 0 aliphatic carbocycles. The Morgan fingerprint density at radius 1 is 0.963 bits per heavy atom. The van der Waals surface area contributed by atoms with Gasteiger partial charge in [-0.3, -0.25) is 14.4 Å². The van der Waals surface area contributed by atoms with Crippen molar-refractivity contribution in [3.63, 3.8) is 0 Å². The monoisotopic (exact) mass is 369 g/mol. The van der Waals surface area contributed by atoms with Crippen LogP contribution in [-0.2, 0) is 9.53 Å². The second-order valence-corrected chi connectivity index (χ2v) is 6.21. The summed E-state index contributed by atoms with van der Waals surface area (Å²) in [6, 6.07) is 11.8. The van der Waals surface area contributed by atoms with Crippen LogP contribution in [0.5, 0.6) is 5.75 Å². The number of aryl methyl sites for hydroxylation is 2. The minimum absolute atomic E-state index is 0.284. The van der Waals surface area contributed by atoms with Gasteiger partial charge in [-0.2, -0.15) is 0 Å². The highest BCUT2D eigenvalue weighted by Crippen LogP contribution is 2.13. The Kier molecular flexibility index (Phi) is 6.71. The Morgan fingerprint density at radius 3 is 2.19 bits per heavy atom. The molecule has 0 saturated carbocycles. The molecule has 0 saturated heterocycles. The van der Waals surface area contributed by atoms with Gasteiger partial charge < -0.3 is 14.8 Å². The molecule has 0 aromatic heterocycles. The zero-order valence-corrected chi connectivity index (χ0v) is 15.9. The van der Waals surface area contributed by atoms with Crippen molar-refractivity contribution >= 4 is 17.7 Å². The van der Waals surface area contributed by atoms with Crippen LogP contribution in [0.3, 0.4) is 0 Å². The van der Waals surface area contributed by atoms with E-state index in [1.807, 2.05) is 19.9 Å². The molecule has 0 spiro atoms. The van der Waals surface area contributed by atoms with Crippen LogP contribution in [0.2, 0.25) is 0 Å². The third-order valence-electron chi connectivity index (χ3n) is 4.21. The Labute approximate surface area is 158 Å². The highest BCUT2D eigenvalue weighted by molar-refractivity contribution is 6.01. The van der Waals surface area contributed by atoms with Crippen molar-refractivity contribution in [3.8, 4) is 5.75 Å². The first-order valence-corrected chi connectivity index (χ1v) is 8.55. The first-order chi connectivity index (χ1) is 12.8. The van der Waals surface area contributed by atoms with Gasteiger partial charge in [-0.25, -0.2) is 0 Å². The number of hydrogen-bond acceptors (Lipinski definition) is 5. The van der Waals surface area contributed by atoms with E-state index >= 15 is 0 Å². The second kappa shape index (κ2) is 8.98. The Bertz CT molecular complexity index is 842. The van der Waals surface area contributed by atoms with E-state index in [0.29, 0.717) is 16.9 Å². The number of Topliss-reactive ketones (excluding diaryl/α,β-unsaturated/α-hetero) is 1. The first-order valence-electron chi connectivity index (χ1n) is 8.55. The van der Waals surface area contributed by atoms with Crippen LogP contribution in [0.15, 0.2) is 42.5 Å². The summed E-state index contributed by atoms with van der Waals surface area (Å²) < 4.78 is 10.2. The van der Waals surface area contributed by atoms with Crippen LogP contribution in [-0.4, -0.2) is 37.4 Å². The molecule has 2 rings (SSSR count). The topological polar surface area (TPSA) is 81.7 Å². The lowest BCUT2D eigenvalue weighted by Gasteiger charge is -2.13. The normalized spacial score (nSPS) is 11.4. The molecule has 1 N–H and O–H groups in total. The molecule has 142 valence electrons.